The van der Waals surface area contributed by atoms with E-state index in [1.54, 1.807) is 40.9 Å². The van der Waals surface area contributed by atoms with Gasteiger partial charge in [0.05, 0.1) is 17.5 Å². The summed E-state index contributed by atoms with van der Waals surface area (Å²) < 4.78 is 0. The number of carbonyl (C=O) groups excluding carboxylic acids is 2. The Morgan fingerprint density at radius 1 is 1.11 bits per heavy atom. The minimum absolute atomic E-state index is 0.0224. The van der Waals surface area contributed by atoms with E-state index in [9.17, 15) is 9.59 Å². The first-order valence-corrected chi connectivity index (χ1v) is 10.3. The molecule has 3 rings (SSSR count). The van der Waals surface area contributed by atoms with Gasteiger partial charge in [0.2, 0.25) is 5.91 Å². The molecular formula is C22H23N3O2S. The van der Waals surface area contributed by atoms with Crippen LogP contribution in [0.15, 0.2) is 48.5 Å². The summed E-state index contributed by atoms with van der Waals surface area (Å²) in [4.78, 5) is 27.3. The Balaban J connectivity index is 1.71. The Kier molecular flexibility index (Phi) is 5.76. The van der Waals surface area contributed by atoms with Gasteiger partial charge >= 0.3 is 0 Å². The molecule has 1 unspecified atom stereocenters. The summed E-state index contributed by atoms with van der Waals surface area (Å²) in [6.45, 7) is 6.39. The maximum Gasteiger partial charge on any atom is 0.255 e. The fourth-order valence-corrected chi connectivity index (χ4v) is 4.15. The van der Waals surface area contributed by atoms with Crippen LogP contribution in [0.5, 0.6) is 0 Å². The third-order valence-electron chi connectivity index (χ3n) is 4.73. The maximum absolute atomic E-state index is 13.0. The third kappa shape index (κ3) is 4.37. The van der Waals surface area contributed by atoms with Gasteiger partial charge in [-0.25, -0.2) is 0 Å². The molecule has 1 atom stereocenters. The molecule has 0 saturated carbocycles. The van der Waals surface area contributed by atoms with Crippen molar-refractivity contribution in [3.05, 3.63) is 65.2 Å². The Labute approximate surface area is 169 Å². The predicted molar refractivity (Wildman–Crippen MR) is 112 cm³/mol. The van der Waals surface area contributed by atoms with Crippen LogP contribution >= 0.6 is 11.8 Å². The number of nitriles is 1. The van der Waals surface area contributed by atoms with Crippen molar-refractivity contribution in [2.45, 2.75) is 32.2 Å². The second kappa shape index (κ2) is 8.07. The summed E-state index contributed by atoms with van der Waals surface area (Å²) in [5.41, 5.74) is 2.92. The molecule has 1 N–H and O–H groups in total. The van der Waals surface area contributed by atoms with Gasteiger partial charge in [-0.3, -0.25) is 9.59 Å². The van der Waals surface area contributed by atoms with Crippen molar-refractivity contribution in [1.82, 2.24) is 4.90 Å². The first-order valence-electron chi connectivity index (χ1n) is 9.10. The molecule has 1 aliphatic rings. The van der Waals surface area contributed by atoms with Crippen molar-refractivity contribution >= 4 is 29.3 Å². The van der Waals surface area contributed by atoms with E-state index in [-0.39, 0.29) is 17.2 Å². The van der Waals surface area contributed by atoms with Crippen LogP contribution in [0.25, 0.3) is 0 Å². The van der Waals surface area contributed by atoms with Crippen LogP contribution in [0, 0.1) is 11.3 Å². The third-order valence-corrected chi connectivity index (χ3v) is 5.74. The van der Waals surface area contributed by atoms with E-state index in [2.05, 4.69) is 26.1 Å². The predicted octanol–water partition coefficient (Wildman–Crippen LogP) is 4.01. The molecule has 2 aromatic carbocycles. The Morgan fingerprint density at radius 2 is 1.75 bits per heavy atom. The number of nitrogens with zero attached hydrogens (tertiary/aromatic N) is 2. The minimum atomic E-state index is -0.518. The SMILES string of the molecule is CC(C)(C)c1ccc(C(=O)N2CSCC2C(=O)Nc2ccc(C#N)cc2)cc1. The number of hydrogen-bond acceptors (Lipinski definition) is 4. The average molecular weight is 394 g/mol. The summed E-state index contributed by atoms with van der Waals surface area (Å²) in [7, 11) is 0. The minimum Gasteiger partial charge on any atom is -0.324 e. The molecule has 0 aliphatic carbocycles. The number of benzene rings is 2. The molecule has 144 valence electrons. The molecule has 1 fully saturated rings. The van der Waals surface area contributed by atoms with Crippen LogP contribution in [0.4, 0.5) is 5.69 Å². The largest absolute Gasteiger partial charge is 0.324 e. The van der Waals surface area contributed by atoms with E-state index in [0.29, 0.717) is 28.4 Å². The lowest BCUT2D eigenvalue weighted by molar-refractivity contribution is -0.119. The summed E-state index contributed by atoms with van der Waals surface area (Å²) in [5.74, 6) is 0.707. The van der Waals surface area contributed by atoms with E-state index < -0.39 is 6.04 Å². The molecule has 5 nitrogen and oxygen atoms in total. The van der Waals surface area contributed by atoms with Gasteiger partial charge in [0.15, 0.2) is 0 Å². The highest BCUT2D eigenvalue weighted by molar-refractivity contribution is 7.99. The normalized spacial score (nSPS) is 16.5. The van der Waals surface area contributed by atoms with Crippen molar-refractivity contribution in [3.63, 3.8) is 0 Å². The molecule has 1 aliphatic heterocycles. The van der Waals surface area contributed by atoms with Crippen molar-refractivity contribution < 1.29 is 9.59 Å². The number of nitrogens with one attached hydrogen (secondary N) is 1. The molecule has 2 amide bonds. The molecule has 28 heavy (non-hydrogen) atoms. The summed E-state index contributed by atoms with van der Waals surface area (Å²) in [6, 6.07) is 15.8. The lowest BCUT2D eigenvalue weighted by Crippen LogP contribution is -2.44. The van der Waals surface area contributed by atoms with Crippen LogP contribution in [0.3, 0.4) is 0 Å². The standard InChI is InChI=1S/C22H23N3O2S/c1-22(2,3)17-8-6-16(7-9-17)21(27)25-14-28-13-19(25)20(26)24-18-10-4-15(12-23)5-11-18/h4-11,19H,13-14H2,1-3H3,(H,24,26). The van der Waals surface area contributed by atoms with Crippen molar-refractivity contribution in [1.29, 1.82) is 5.26 Å². The lowest BCUT2D eigenvalue weighted by Gasteiger charge is -2.24. The van der Waals surface area contributed by atoms with E-state index in [1.165, 1.54) is 0 Å². The molecular weight excluding hydrogens is 370 g/mol. The second-order valence-electron chi connectivity index (χ2n) is 7.80. The highest BCUT2D eigenvalue weighted by atomic mass is 32.2. The number of rotatable bonds is 3. The van der Waals surface area contributed by atoms with Gasteiger partial charge in [0.25, 0.3) is 5.91 Å². The summed E-state index contributed by atoms with van der Waals surface area (Å²) in [6.07, 6.45) is 0. The smallest absolute Gasteiger partial charge is 0.255 e. The monoisotopic (exact) mass is 393 g/mol. The first-order chi connectivity index (χ1) is 13.3. The molecule has 0 bridgehead atoms. The zero-order valence-corrected chi connectivity index (χ0v) is 17.0. The Bertz CT molecular complexity index is 909. The molecule has 0 spiro atoms. The fourth-order valence-electron chi connectivity index (χ4n) is 2.99. The second-order valence-corrected chi connectivity index (χ2v) is 8.80. The van der Waals surface area contributed by atoms with Crippen LogP contribution in [-0.4, -0.2) is 34.4 Å². The lowest BCUT2D eigenvalue weighted by atomic mass is 9.86. The van der Waals surface area contributed by atoms with Gasteiger partial charge in [-0.05, 0) is 47.4 Å². The molecule has 0 radical (unpaired) electrons. The Morgan fingerprint density at radius 3 is 2.32 bits per heavy atom. The molecule has 6 heteroatoms. The van der Waals surface area contributed by atoms with E-state index in [0.717, 1.165) is 5.56 Å². The summed E-state index contributed by atoms with van der Waals surface area (Å²) >= 11 is 1.57. The number of thioether (sulfide) groups is 1. The van der Waals surface area contributed by atoms with Gasteiger partial charge < -0.3 is 10.2 Å². The highest BCUT2D eigenvalue weighted by Gasteiger charge is 2.35. The first kappa shape index (κ1) is 20.0. The van der Waals surface area contributed by atoms with Crippen LogP contribution in [0.2, 0.25) is 0 Å². The Hall–Kier alpha value is -2.78. The van der Waals surface area contributed by atoms with E-state index >= 15 is 0 Å². The van der Waals surface area contributed by atoms with Gasteiger partial charge in [0, 0.05) is 17.0 Å². The molecule has 1 heterocycles. The number of amides is 2. The zero-order valence-electron chi connectivity index (χ0n) is 16.2. The van der Waals surface area contributed by atoms with Gasteiger partial charge in [-0.2, -0.15) is 5.26 Å². The quantitative estimate of drug-likeness (QED) is 0.855. The van der Waals surface area contributed by atoms with Crippen molar-refractivity contribution in [3.8, 4) is 6.07 Å². The van der Waals surface area contributed by atoms with Crippen LogP contribution < -0.4 is 5.32 Å². The van der Waals surface area contributed by atoms with Crippen LogP contribution in [0.1, 0.15) is 42.3 Å². The zero-order chi connectivity index (χ0) is 20.3. The fraction of sp³-hybridized carbons (Fsp3) is 0.318. The van der Waals surface area contributed by atoms with Gasteiger partial charge in [-0.1, -0.05) is 32.9 Å². The number of carbonyl (C=O) groups is 2. The maximum atomic E-state index is 13.0. The van der Waals surface area contributed by atoms with E-state index in [4.69, 9.17) is 5.26 Å². The number of anilines is 1. The highest BCUT2D eigenvalue weighted by Crippen LogP contribution is 2.26. The molecule has 1 saturated heterocycles. The summed E-state index contributed by atoms with van der Waals surface area (Å²) in [5, 5.41) is 11.7. The molecule has 0 aromatic heterocycles. The topological polar surface area (TPSA) is 73.2 Å². The molecule has 2 aromatic rings. The van der Waals surface area contributed by atoms with Gasteiger partial charge in [-0.15, -0.1) is 11.8 Å². The van der Waals surface area contributed by atoms with Crippen molar-refractivity contribution in [2.24, 2.45) is 0 Å². The van der Waals surface area contributed by atoms with Crippen LogP contribution in [-0.2, 0) is 10.2 Å². The average Bonchev–Trinajstić information content (AvgIpc) is 3.17. The number of hydrogen-bond donors (Lipinski definition) is 1. The van der Waals surface area contributed by atoms with Crippen molar-refractivity contribution in [2.75, 3.05) is 16.9 Å². The van der Waals surface area contributed by atoms with Gasteiger partial charge in [0.1, 0.15) is 6.04 Å². The van der Waals surface area contributed by atoms with E-state index in [1.807, 2.05) is 30.3 Å².